The van der Waals surface area contributed by atoms with Gasteiger partial charge in [0.1, 0.15) is 11.5 Å². The molecule has 0 fully saturated rings. The molecule has 43 heavy (non-hydrogen) atoms. The third-order valence-electron chi connectivity index (χ3n) is 7.92. The summed E-state index contributed by atoms with van der Waals surface area (Å²) >= 11 is 0. The standard InChI is InChI=1S/C37H40N2O4/c1-5-27-12-11-17-31-33(25-39(6-2)37(27)31)32(28-13-10-16-30(23-28)43-29-14-8-7-9-15-29)24-36(40)38-21-20-26-18-19-34(41-3)35(22-26)42-4/h7-19,22-23,25,32H,5-6,20-21,24H2,1-4H3,(H,38,40). The lowest BCUT2D eigenvalue weighted by molar-refractivity contribution is -0.121. The van der Waals surface area contributed by atoms with Crippen LogP contribution >= 0.6 is 0 Å². The highest BCUT2D eigenvalue weighted by Gasteiger charge is 2.24. The summed E-state index contributed by atoms with van der Waals surface area (Å²) in [5.74, 6) is 2.75. The van der Waals surface area contributed by atoms with Crippen LogP contribution in [0.3, 0.4) is 0 Å². The number of nitrogens with zero attached hydrogens (tertiary/aromatic N) is 1. The summed E-state index contributed by atoms with van der Waals surface area (Å²) in [4.78, 5) is 13.5. The van der Waals surface area contributed by atoms with Gasteiger partial charge in [-0.3, -0.25) is 4.79 Å². The maximum Gasteiger partial charge on any atom is 0.220 e. The van der Waals surface area contributed by atoms with E-state index in [1.54, 1.807) is 14.2 Å². The predicted octanol–water partition coefficient (Wildman–Crippen LogP) is 7.91. The van der Waals surface area contributed by atoms with E-state index in [9.17, 15) is 4.79 Å². The summed E-state index contributed by atoms with van der Waals surface area (Å²) in [6.07, 6.45) is 4.19. The number of ether oxygens (including phenoxy) is 3. The number of amides is 1. The Bertz CT molecular complexity index is 1680. The molecule has 1 N–H and O–H groups in total. The van der Waals surface area contributed by atoms with Crippen molar-refractivity contribution in [1.29, 1.82) is 0 Å². The van der Waals surface area contributed by atoms with E-state index >= 15 is 0 Å². The van der Waals surface area contributed by atoms with Crippen LogP contribution in [0.4, 0.5) is 0 Å². The van der Waals surface area contributed by atoms with Gasteiger partial charge >= 0.3 is 0 Å². The highest BCUT2D eigenvalue weighted by molar-refractivity contribution is 5.89. The van der Waals surface area contributed by atoms with Gasteiger partial charge in [-0.15, -0.1) is 0 Å². The van der Waals surface area contributed by atoms with E-state index in [-0.39, 0.29) is 11.8 Å². The maximum absolute atomic E-state index is 13.5. The number of hydrogen-bond donors (Lipinski definition) is 1. The first-order chi connectivity index (χ1) is 21.0. The van der Waals surface area contributed by atoms with Crippen molar-refractivity contribution < 1.29 is 19.0 Å². The molecular formula is C37H40N2O4. The molecule has 1 heterocycles. The number of methoxy groups -OCH3 is 2. The van der Waals surface area contributed by atoms with Crippen LogP contribution in [0.2, 0.25) is 0 Å². The number of aryl methyl sites for hydroxylation is 2. The summed E-state index contributed by atoms with van der Waals surface area (Å²) < 4.78 is 19.3. The number of para-hydroxylation sites is 2. The third kappa shape index (κ3) is 6.86. The van der Waals surface area contributed by atoms with Gasteiger partial charge in [0.2, 0.25) is 5.91 Å². The zero-order chi connectivity index (χ0) is 30.2. The fraction of sp³-hybridized carbons (Fsp3) is 0.270. The van der Waals surface area contributed by atoms with Crippen molar-refractivity contribution in [3.63, 3.8) is 0 Å². The van der Waals surface area contributed by atoms with Crippen LogP contribution in [0.15, 0.2) is 97.2 Å². The molecule has 6 heteroatoms. The molecule has 0 saturated carbocycles. The Labute approximate surface area is 254 Å². The first-order valence-corrected chi connectivity index (χ1v) is 15.0. The van der Waals surface area contributed by atoms with E-state index in [1.807, 2.05) is 60.7 Å². The lowest BCUT2D eigenvalue weighted by Gasteiger charge is -2.19. The molecule has 5 aromatic rings. The van der Waals surface area contributed by atoms with Crippen molar-refractivity contribution in [2.45, 2.75) is 45.6 Å². The molecule has 6 nitrogen and oxygen atoms in total. The van der Waals surface area contributed by atoms with Gasteiger partial charge in [0.25, 0.3) is 0 Å². The Balaban J connectivity index is 1.43. The molecule has 222 valence electrons. The van der Waals surface area contributed by atoms with Crippen molar-refractivity contribution in [3.8, 4) is 23.0 Å². The second kappa shape index (κ2) is 14.0. The molecule has 1 amide bonds. The van der Waals surface area contributed by atoms with E-state index in [0.717, 1.165) is 41.2 Å². The smallest absolute Gasteiger partial charge is 0.220 e. The summed E-state index contributed by atoms with van der Waals surface area (Å²) in [5.41, 5.74) is 5.82. The van der Waals surface area contributed by atoms with E-state index in [0.29, 0.717) is 30.9 Å². The molecule has 5 rings (SSSR count). The minimum Gasteiger partial charge on any atom is -0.493 e. The fourth-order valence-electron chi connectivity index (χ4n) is 5.74. The van der Waals surface area contributed by atoms with Gasteiger partial charge in [0.15, 0.2) is 11.5 Å². The van der Waals surface area contributed by atoms with Crippen LogP contribution < -0.4 is 19.5 Å². The molecule has 1 aromatic heterocycles. The first kappa shape index (κ1) is 29.8. The van der Waals surface area contributed by atoms with Crippen molar-refractivity contribution in [2.24, 2.45) is 0 Å². The van der Waals surface area contributed by atoms with Crippen LogP contribution in [0, 0.1) is 0 Å². The monoisotopic (exact) mass is 576 g/mol. The van der Waals surface area contributed by atoms with Crippen LogP contribution in [0.5, 0.6) is 23.0 Å². The fourth-order valence-corrected chi connectivity index (χ4v) is 5.74. The molecule has 0 aliphatic heterocycles. The Kier molecular flexibility index (Phi) is 9.67. The highest BCUT2D eigenvalue weighted by Crippen LogP contribution is 2.38. The largest absolute Gasteiger partial charge is 0.493 e. The lowest BCUT2D eigenvalue weighted by atomic mass is 9.87. The van der Waals surface area contributed by atoms with Crippen LogP contribution in [0.25, 0.3) is 10.9 Å². The molecule has 1 unspecified atom stereocenters. The zero-order valence-corrected chi connectivity index (χ0v) is 25.4. The quantitative estimate of drug-likeness (QED) is 0.155. The van der Waals surface area contributed by atoms with Crippen molar-refractivity contribution in [2.75, 3.05) is 20.8 Å². The van der Waals surface area contributed by atoms with Gasteiger partial charge in [-0.25, -0.2) is 0 Å². The maximum atomic E-state index is 13.5. The number of fused-ring (bicyclic) bond motifs is 1. The van der Waals surface area contributed by atoms with E-state index < -0.39 is 0 Å². The number of nitrogens with one attached hydrogen (secondary N) is 1. The van der Waals surface area contributed by atoms with Crippen LogP contribution in [-0.2, 0) is 24.2 Å². The number of carbonyl (C=O) groups excluding carboxylic acids is 1. The molecular weight excluding hydrogens is 536 g/mol. The van der Waals surface area contributed by atoms with Gasteiger partial charge in [-0.1, -0.05) is 61.5 Å². The molecule has 0 spiro atoms. The number of benzene rings is 4. The van der Waals surface area contributed by atoms with Crippen molar-refractivity contribution in [1.82, 2.24) is 9.88 Å². The number of aromatic nitrogens is 1. The number of rotatable bonds is 13. The number of hydrogen-bond acceptors (Lipinski definition) is 4. The average molecular weight is 577 g/mol. The molecule has 0 bridgehead atoms. The van der Waals surface area contributed by atoms with E-state index in [1.165, 1.54) is 16.5 Å². The van der Waals surface area contributed by atoms with Gasteiger partial charge in [0, 0.05) is 37.0 Å². The number of carbonyl (C=O) groups is 1. The zero-order valence-electron chi connectivity index (χ0n) is 25.4. The SMILES string of the molecule is CCc1cccc2c(C(CC(=O)NCCc3ccc(OC)c(OC)c3)c3cccc(Oc4ccccc4)c3)cn(CC)c12. The molecule has 1 atom stereocenters. The minimum absolute atomic E-state index is 0.00361. The van der Waals surface area contributed by atoms with E-state index in [4.69, 9.17) is 14.2 Å². The predicted molar refractivity (Wildman–Crippen MR) is 173 cm³/mol. The summed E-state index contributed by atoms with van der Waals surface area (Å²) in [5, 5.41) is 4.36. The average Bonchev–Trinajstić information content (AvgIpc) is 3.43. The molecule has 0 radical (unpaired) electrons. The second-order valence-electron chi connectivity index (χ2n) is 10.6. The van der Waals surface area contributed by atoms with E-state index in [2.05, 4.69) is 60.3 Å². The Morgan fingerprint density at radius 2 is 1.60 bits per heavy atom. The molecule has 4 aromatic carbocycles. The van der Waals surface area contributed by atoms with Gasteiger partial charge in [-0.05, 0) is 78.4 Å². The van der Waals surface area contributed by atoms with Gasteiger partial charge in [-0.2, -0.15) is 0 Å². The first-order valence-electron chi connectivity index (χ1n) is 15.0. The molecule has 0 aliphatic carbocycles. The summed E-state index contributed by atoms with van der Waals surface area (Å²) in [6.45, 7) is 5.73. The van der Waals surface area contributed by atoms with Gasteiger partial charge < -0.3 is 24.1 Å². The second-order valence-corrected chi connectivity index (χ2v) is 10.6. The normalized spacial score (nSPS) is 11.7. The van der Waals surface area contributed by atoms with Gasteiger partial charge in [0.05, 0.1) is 19.7 Å². The third-order valence-corrected chi connectivity index (χ3v) is 7.92. The van der Waals surface area contributed by atoms with Crippen molar-refractivity contribution >= 4 is 16.8 Å². The molecule has 0 saturated heterocycles. The summed E-state index contributed by atoms with van der Waals surface area (Å²) in [6, 6.07) is 30.2. The Morgan fingerprint density at radius 1 is 0.837 bits per heavy atom. The molecule has 0 aliphatic rings. The highest BCUT2D eigenvalue weighted by atomic mass is 16.5. The van der Waals surface area contributed by atoms with Crippen LogP contribution in [0.1, 0.15) is 48.4 Å². The van der Waals surface area contributed by atoms with Crippen molar-refractivity contribution in [3.05, 3.63) is 119 Å². The topological polar surface area (TPSA) is 61.7 Å². The minimum atomic E-state index is -0.150. The van der Waals surface area contributed by atoms with Crippen LogP contribution in [-0.4, -0.2) is 31.2 Å². The lowest BCUT2D eigenvalue weighted by Crippen LogP contribution is -2.27. The Hall–Kier alpha value is -4.71. The Morgan fingerprint density at radius 3 is 2.35 bits per heavy atom. The summed E-state index contributed by atoms with van der Waals surface area (Å²) in [7, 11) is 3.25.